The topological polar surface area (TPSA) is 73.6 Å². The van der Waals surface area contributed by atoms with Gasteiger partial charge >= 0.3 is 6.36 Å². The molecule has 2 unspecified atom stereocenters. The van der Waals surface area contributed by atoms with Crippen LogP contribution < -0.4 is 0 Å². The van der Waals surface area contributed by atoms with Crippen LogP contribution in [0.25, 0.3) is 0 Å². The molecule has 9 heteroatoms. The largest absolute Gasteiger partial charge is 0.573 e. The molecule has 218 valence electrons. The van der Waals surface area contributed by atoms with Crippen LogP contribution in [0.3, 0.4) is 0 Å². The van der Waals surface area contributed by atoms with Gasteiger partial charge in [-0.05, 0) is 55.3 Å². The molecule has 1 aliphatic heterocycles. The highest BCUT2D eigenvalue weighted by Gasteiger charge is 2.45. The molecule has 2 aliphatic carbocycles. The van der Waals surface area contributed by atoms with Crippen LogP contribution in [-0.4, -0.2) is 53.9 Å². The summed E-state index contributed by atoms with van der Waals surface area (Å²) in [7, 11) is 0. The number of hydrogen-bond donors (Lipinski definition) is 0. The number of nitrogens with zero attached hydrogens (tertiary/aromatic N) is 3. The highest BCUT2D eigenvalue weighted by molar-refractivity contribution is 6.01. The summed E-state index contributed by atoms with van der Waals surface area (Å²) in [6.45, 7) is 12.9. The van der Waals surface area contributed by atoms with Crippen LogP contribution in [0.1, 0.15) is 98.8 Å². The van der Waals surface area contributed by atoms with E-state index in [0.29, 0.717) is 51.0 Å². The van der Waals surface area contributed by atoms with E-state index in [2.05, 4.69) is 43.4 Å². The Balaban J connectivity index is 1.88. The van der Waals surface area contributed by atoms with Crippen LogP contribution in [0.5, 0.6) is 0 Å². The zero-order valence-electron chi connectivity index (χ0n) is 24.2. The number of hydrogen-bond acceptors (Lipinski definition) is 6. The van der Waals surface area contributed by atoms with Gasteiger partial charge in [0.05, 0.1) is 5.70 Å². The minimum Gasteiger partial charge on any atom is -0.400 e. The number of ketones is 2. The number of Topliss-reactive ketones (excluding diaryl/α,β-unsaturated/α-hetero) is 2. The molecule has 0 aromatic carbocycles. The third-order valence-electron chi connectivity index (χ3n) is 8.37. The van der Waals surface area contributed by atoms with Crippen molar-refractivity contribution >= 4 is 11.6 Å². The van der Waals surface area contributed by atoms with Crippen LogP contribution in [0.15, 0.2) is 22.7 Å². The Morgan fingerprint density at radius 3 is 2.28 bits per heavy atom. The van der Waals surface area contributed by atoms with Crippen LogP contribution in [0.2, 0.25) is 0 Å². The highest BCUT2D eigenvalue weighted by atomic mass is 19.4. The molecule has 0 N–H and O–H groups in total. The molecule has 0 bridgehead atoms. The van der Waals surface area contributed by atoms with Crippen molar-refractivity contribution in [3.63, 3.8) is 0 Å². The number of carbonyl (C=O) groups is 2. The minimum atomic E-state index is -4.91. The third kappa shape index (κ3) is 8.02. The number of alkyl halides is 3. The normalized spacial score (nSPS) is 24.7. The number of rotatable bonds is 11. The van der Waals surface area contributed by atoms with E-state index in [9.17, 15) is 28.0 Å². The van der Waals surface area contributed by atoms with Crippen molar-refractivity contribution in [3.05, 3.63) is 22.7 Å². The fourth-order valence-corrected chi connectivity index (χ4v) is 6.51. The van der Waals surface area contributed by atoms with Crippen molar-refractivity contribution < 1.29 is 27.5 Å². The number of carbonyl (C=O) groups excluding carboxylic acids is 2. The summed E-state index contributed by atoms with van der Waals surface area (Å²) >= 11 is 0. The second-order valence-corrected chi connectivity index (χ2v) is 12.8. The zero-order valence-corrected chi connectivity index (χ0v) is 24.2. The summed E-state index contributed by atoms with van der Waals surface area (Å²) in [4.78, 5) is 30.1. The molecule has 0 spiro atoms. The SMILES string of the molecule is CCCCN(CC(CC)CC1(C)CC(=O)C(OC(F)(F)F)=C(N2CCCC2)C1)C1=C(C#N)C(=O)CC(C)(C)C1. The second-order valence-electron chi connectivity index (χ2n) is 12.8. The molecule has 1 heterocycles. The van der Waals surface area contributed by atoms with E-state index in [0.717, 1.165) is 44.3 Å². The summed E-state index contributed by atoms with van der Waals surface area (Å²) in [5.41, 5.74) is 0.709. The Labute approximate surface area is 231 Å². The lowest BCUT2D eigenvalue weighted by Gasteiger charge is -2.42. The molecule has 39 heavy (non-hydrogen) atoms. The predicted molar refractivity (Wildman–Crippen MR) is 143 cm³/mol. The summed E-state index contributed by atoms with van der Waals surface area (Å²) in [5, 5.41) is 9.84. The molecule has 1 saturated heterocycles. The van der Waals surface area contributed by atoms with E-state index >= 15 is 0 Å². The first-order chi connectivity index (χ1) is 18.2. The molecule has 0 aromatic rings. The number of allylic oxidation sites excluding steroid dienone is 4. The van der Waals surface area contributed by atoms with Crippen LogP contribution >= 0.6 is 0 Å². The van der Waals surface area contributed by atoms with Gasteiger partial charge in [0.15, 0.2) is 17.3 Å². The summed E-state index contributed by atoms with van der Waals surface area (Å²) in [6, 6.07) is 2.17. The van der Waals surface area contributed by atoms with Gasteiger partial charge in [-0.2, -0.15) is 5.26 Å². The van der Waals surface area contributed by atoms with E-state index in [4.69, 9.17) is 0 Å². The minimum absolute atomic E-state index is 0.00112. The van der Waals surface area contributed by atoms with Crippen LogP contribution in [0.4, 0.5) is 13.2 Å². The molecule has 2 atom stereocenters. The summed E-state index contributed by atoms with van der Waals surface area (Å²) < 4.78 is 43.9. The predicted octanol–water partition coefficient (Wildman–Crippen LogP) is 6.88. The fraction of sp³-hybridized carbons (Fsp3) is 0.767. The molecule has 0 saturated carbocycles. The fourth-order valence-electron chi connectivity index (χ4n) is 6.51. The van der Waals surface area contributed by atoms with Gasteiger partial charge in [-0.15, -0.1) is 13.2 Å². The second kappa shape index (κ2) is 12.3. The first kappa shape index (κ1) is 31.0. The number of likely N-dealkylation sites (tertiary alicyclic amines) is 1. The van der Waals surface area contributed by atoms with Gasteiger partial charge in [-0.25, -0.2) is 0 Å². The number of unbranched alkanes of at least 4 members (excludes halogenated alkanes) is 1. The molecule has 0 aromatic heterocycles. The standard InChI is InChI=1S/C30H44F3N3O3/c1-6-8-11-36(23-15-28(3,4)17-25(37)22(23)19-34)20-21(7-2)14-29(5)16-24(35-12-9-10-13-35)27(26(38)18-29)39-30(31,32)33/h21H,6-18,20H2,1-5H3. The zero-order chi connectivity index (χ0) is 29.0. The Morgan fingerprint density at radius 1 is 1.05 bits per heavy atom. The van der Waals surface area contributed by atoms with E-state index < -0.39 is 23.3 Å². The van der Waals surface area contributed by atoms with E-state index in [1.807, 2.05) is 11.8 Å². The quantitative estimate of drug-likeness (QED) is 0.279. The maximum absolute atomic E-state index is 13.2. The maximum Gasteiger partial charge on any atom is 0.573 e. The van der Waals surface area contributed by atoms with Gasteiger partial charge in [0.2, 0.25) is 0 Å². The molecular weight excluding hydrogens is 507 g/mol. The molecule has 6 nitrogen and oxygen atoms in total. The lowest BCUT2D eigenvalue weighted by atomic mass is 9.70. The van der Waals surface area contributed by atoms with E-state index in [1.165, 1.54) is 0 Å². The lowest BCUT2D eigenvalue weighted by molar-refractivity contribution is -0.305. The van der Waals surface area contributed by atoms with Crippen LogP contribution in [-0.2, 0) is 14.3 Å². The smallest absolute Gasteiger partial charge is 0.400 e. The van der Waals surface area contributed by atoms with E-state index in [1.54, 1.807) is 0 Å². The average molecular weight is 552 g/mol. The lowest BCUT2D eigenvalue weighted by Crippen LogP contribution is -2.40. The van der Waals surface area contributed by atoms with Crippen molar-refractivity contribution in [3.8, 4) is 6.07 Å². The molecule has 3 aliphatic rings. The Bertz CT molecular complexity index is 1030. The van der Waals surface area contributed by atoms with Crippen molar-refractivity contribution in [1.82, 2.24) is 9.80 Å². The van der Waals surface area contributed by atoms with Gasteiger partial charge in [-0.1, -0.05) is 47.5 Å². The highest BCUT2D eigenvalue weighted by Crippen LogP contribution is 2.46. The van der Waals surface area contributed by atoms with Gasteiger partial charge in [0, 0.05) is 44.7 Å². The van der Waals surface area contributed by atoms with Gasteiger partial charge in [0.1, 0.15) is 11.6 Å². The average Bonchev–Trinajstić information content (AvgIpc) is 3.36. The van der Waals surface area contributed by atoms with Crippen LogP contribution in [0, 0.1) is 28.1 Å². The van der Waals surface area contributed by atoms with Crippen molar-refractivity contribution in [2.75, 3.05) is 26.2 Å². The van der Waals surface area contributed by atoms with E-state index in [-0.39, 0.29) is 29.1 Å². The first-order valence-corrected chi connectivity index (χ1v) is 14.4. The summed E-state index contributed by atoms with van der Waals surface area (Å²) in [6.07, 6.45) is 1.56. The van der Waals surface area contributed by atoms with Crippen molar-refractivity contribution in [2.24, 2.45) is 16.7 Å². The summed E-state index contributed by atoms with van der Waals surface area (Å²) in [5.74, 6) is -1.10. The molecule has 3 rings (SSSR count). The number of halogens is 3. The molecule has 0 radical (unpaired) electrons. The molecular formula is C30H44F3N3O3. The Kier molecular flexibility index (Phi) is 9.82. The monoisotopic (exact) mass is 551 g/mol. The van der Waals surface area contributed by atoms with Gasteiger partial charge in [0.25, 0.3) is 0 Å². The maximum atomic E-state index is 13.2. The van der Waals surface area contributed by atoms with Gasteiger partial charge in [-0.3, -0.25) is 9.59 Å². The number of ether oxygens (including phenoxy) is 1. The molecule has 0 amide bonds. The van der Waals surface area contributed by atoms with Crippen molar-refractivity contribution in [1.29, 1.82) is 5.26 Å². The number of nitriles is 1. The third-order valence-corrected chi connectivity index (χ3v) is 8.37. The Morgan fingerprint density at radius 2 is 1.72 bits per heavy atom. The Hall–Kier alpha value is -2.50. The van der Waals surface area contributed by atoms with Gasteiger partial charge < -0.3 is 14.5 Å². The first-order valence-electron chi connectivity index (χ1n) is 14.4. The van der Waals surface area contributed by atoms with Crippen molar-refractivity contribution in [2.45, 2.75) is 105 Å². The molecule has 1 fully saturated rings.